The molecule has 5 rings (SSSR count). The fourth-order valence-corrected chi connectivity index (χ4v) is 6.26. The van der Waals surface area contributed by atoms with Crippen LogP contribution >= 0.6 is 11.3 Å². The summed E-state index contributed by atoms with van der Waals surface area (Å²) in [6.07, 6.45) is 4.65. The van der Waals surface area contributed by atoms with E-state index in [9.17, 15) is 13.2 Å². The summed E-state index contributed by atoms with van der Waals surface area (Å²) in [5, 5.41) is 7.63. The van der Waals surface area contributed by atoms with Gasteiger partial charge in [-0.25, -0.2) is 13.4 Å². The lowest BCUT2D eigenvalue weighted by Gasteiger charge is -2.14. The number of thiazole rings is 1. The van der Waals surface area contributed by atoms with Crippen molar-refractivity contribution in [3.05, 3.63) is 64.8 Å². The Labute approximate surface area is 202 Å². The molecule has 0 saturated carbocycles. The van der Waals surface area contributed by atoms with Gasteiger partial charge < -0.3 is 5.32 Å². The van der Waals surface area contributed by atoms with Gasteiger partial charge in [0.15, 0.2) is 9.84 Å². The van der Waals surface area contributed by atoms with E-state index in [-0.39, 0.29) is 10.8 Å². The van der Waals surface area contributed by atoms with Crippen molar-refractivity contribution in [2.45, 2.75) is 56.6 Å². The fraction of sp³-hybridized carbons (Fsp3) is 0.320. The lowest BCUT2D eigenvalue weighted by atomic mass is 9.92. The summed E-state index contributed by atoms with van der Waals surface area (Å²) < 4.78 is 27.5. The van der Waals surface area contributed by atoms with Crippen molar-refractivity contribution in [2.75, 3.05) is 5.32 Å². The molecule has 0 atom stereocenters. The molecule has 0 radical (unpaired) electrons. The summed E-state index contributed by atoms with van der Waals surface area (Å²) in [5.41, 5.74) is 4.86. The Morgan fingerprint density at radius 3 is 2.41 bits per heavy atom. The van der Waals surface area contributed by atoms with Crippen molar-refractivity contribution < 1.29 is 13.2 Å². The van der Waals surface area contributed by atoms with Crippen LogP contribution in [0.1, 0.15) is 53.9 Å². The van der Waals surface area contributed by atoms with Crippen LogP contribution in [0.5, 0.6) is 0 Å². The van der Waals surface area contributed by atoms with Gasteiger partial charge in [-0.15, -0.1) is 0 Å². The number of hydrogen-bond acceptors (Lipinski definition) is 6. The van der Waals surface area contributed by atoms with E-state index in [1.54, 1.807) is 35.9 Å². The van der Waals surface area contributed by atoms with Gasteiger partial charge in [-0.1, -0.05) is 11.3 Å². The number of sulfone groups is 1. The van der Waals surface area contributed by atoms with Crippen molar-refractivity contribution in [2.24, 2.45) is 0 Å². The Morgan fingerprint density at radius 2 is 1.74 bits per heavy atom. The molecule has 176 valence electrons. The van der Waals surface area contributed by atoms with E-state index in [0.717, 1.165) is 28.8 Å². The van der Waals surface area contributed by atoms with Crippen molar-refractivity contribution >= 4 is 43.1 Å². The van der Waals surface area contributed by atoms with E-state index < -0.39 is 15.1 Å². The van der Waals surface area contributed by atoms with E-state index in [1.165, 1.54) is 48.2 Å². The molecule has 4 aromatic rings. The Kier molecular flexibility index (Phi) is 5.77. The minimum atomic E-state index is -3.39. The molecule has 1 amide bonds. The zero-order valence-corrected chi connectivity index (χ0v) is 21.0. The van der Waals surface area contributed by atoms with Gasteiger partial charge in [-0.05, 0) is 94.0 Å². The summed E-state index contributed by atoms with van der Waals surface area (Å²) in [5.74, 6) is 0.177. The lowest BCUT2D eigenvalue weighted by molar-refractivity contribution is 0.102. The minimum Gasteiger partial charge on any atom is -0.306 e. The third-order valence-electron chi connectivity index (χ3n) is 6.16. The summed E-state index contributed by atoms with van der Waals surface area (Å²) >= 11 is 1.55. The van der Waals surface area contributed by atoms with Crippen molar-refractivity contribution in [3.63, 3.8) is 0 Å². The number of carbonyl (C=O) groups excluding carboxylic acids is 1. The molecule has 7 nitrogen and oxygen atoms in total. The molecule has 0 spiro atoms. The van der Waals surface area contributed by atoms with E-state index in [1.807, 2.05) is 6.92 Å². The quantitative estimate of drug-likeness (QED) is 0.416. The second kappa shape index (κ2) is 8.63. The highest BCUT2D eigenvalue weighted by Gasteiger charge is 2.21. The molecule has 34 heavy (non-hydrogen) atoms. The summed E-state index contributed by atoms with van der Waals surface area (Å²) in [7, 11) is -3.39. The number of amides is 1. The number of anilines is 1. The maximum Gasteiger partial charge on any atom is 0.256 e. The first-order valence-electron chi connectivity index (χ1n) is 11.4. The molecule has 1 N–H and O–H groups in total. The van der Waals surface area contributed by atoms with Crippen LogP contribution in [0.15, 0.2) is 47.4 Å². The zero-order chi connectivity index (χ0) is 24.0. The maximum absolute atomic E-state index is 12.9. The third-order valence-corrected chi connectivity index (χ3v) is 9.32. The number of nitrogens with one attached hydrogen (secondary N) is 1. The normalized spacial score (nSPS) is 13.9. The Bertz CT molecular complexity index is 1460. The number of nitrogens with zero attached hydrogens (tertiary/aromatic N) is 3. The summed E-state index contributed by atoms with van der Waals surface area (Å²) in [6, 6.07) is 12.2. The van der Waals surface area contributed by atoms with Crippen molar-refractivity contribution in [1.82, 2.24) is 14.8 Å². The summed E-state index contributed by atoms with van der Waals surface area (Å²) in [4.78, 5) is 17.9. The Hall–Kier alpha value is -3.04. The molecule has 0 saturated heterocycles. The van der Waals surface area contributed by atoms with Crippen LogP contribution < -0.4 is 5.32 Å². The number of benzene rings is 2. The average Bonchev–Trinajstić information content (AvgIpc) is 3.39. The Balaban J connectivity index is 1.43. The van der Waals surface area contributed by atoms with Crippen LogP contribution in [0.4, 0.5) is 5.82 Å². The second-order valence-corrected chi connectivity index (χ2v) is 12.5. The highest BCUT2D eigenvalue weighted by molar-refractivity contribution is 7.92. The predicted molar refractivity (Wildman–Crippen MR) is 135 cm³/mol. The molecule has 0 bridgehead atoms. The van der Waals surface area contributed by atoms with Crippen LogP contribution in [-0.4, -0.2) is 34.3 Å². The van der Waals surface area contributed by atoms with Gasteiger partial charge in [0.05, 0.1) is 26.1 Å². The standard InChI is InChI=1S/C25H26N4O3S2/c1-15(2)34(31,32)20-10-8-17(9-11-20)24(30)27-23-12-16(3)28-29(23)25-26-21-13-18-6-4-5-7-19(18)14-22(21)33-25/h8-15H,4-7H2,1-3H3,(H,27,30). The van der Waals surface area contributed by atoms with Crippen LogP contribution in [0.3, 0.4) is 0 Å². The van der Waals surface area contributed by atoms with Crippen LogP contribution in [0.2, 0.25) is 0 Å². The first-order valence-corrected chi connectivity index (χ1v) is 13.7. The molecule has 2 aromatic carbocycles. The predicted octanol–water partition coefficient (Wildman–Crippen LogP) is 5.10. The van der Waals surface area contributed by atoms with E-state index >= 15 is 0 Å². The highest BCUT2D eigenvalue weighted by atomic mass is 32.2. The molecule has 0 unspecified atom stereocenters. The third kappa shape index (κ3) is 4.14. The molecular weight excluding hydrogens is 468 g/mol. The van der Waals surface area contributed by atoms with Crippen LogP contribution in [-0.2, 0) is 22.7 Å². The lowest BCUT2D eigenvalue weighted by Crippen LogP contribution is -2.16. The van der Waals surface area contributed by atoms with Gasteiger partial charge in [-0.3, -0.25) is 4.79 Å². The molecule has 9 heteroatoms. The van der Waals surface area contributed by atoms with Gasteiger partial charge in [0.2, 0.25) is 5.13 Å². The molecule has 1 aliphatic rings. The fourth-order valence-electron chi connectivity index (χ4n) is 4.22. The van der Waals surface area contributed by atoms with Crippen molar-refractivity contribution in [3.8, 4) is 5.13 Å². The smallest absolute Gasteiger partial charge is 0.256 e. The first kappa shape index (κ1) is 22.7. The second-order valence-electron chi connectivity index (χ2n) is 8.95. The molecule has 1 aliphatic carbocycles. The van der Waals surface area contributed by atoms with Crippen LogP contribution in [0.25, 0.3) is 15.3 Å². The van der Waals surface area contributed by atoms with E-state index in [4.69, 9.17) is 4.98 Å². The molecule has 2 heterocycles. The molecule has 0 aliphatic heterocycles. The minimum absolute atomic E-state index is 0.206. The molecule has 2 aromatic heterocycles. The highest BCUT2D eigenvalue weighted by Crippen LogP contribution is 2.32. The first-order chi connectivity index (χ1) is 16.2. The zero-order valence-electron chi connectivity index (χ0n) is 19.3. The molecule has 0 fully saturated rings. The largest absolute Gasteiger partial charge is 0.306 e. The number of aryl methyl sites for hydroxylation is 3. The topological polar surface area (TPSA) is 94.0 Å². The number of rotatable bonds is 5. The molecular formula is C25H26N4O3S2. The number of aromatic nitrogens is 3. The van der Waals surface area contributed by atoms with Gasteiger partial charge in [0, 0.05) is 11.6 Å². The van der Waals surface area contributed by atoms with E-state index in [0.29, 0.717) is 16.5 Å². The number of fused-ring (bicyclic) bond motifs is 2. The monoisotopic (exact) mass is 494 g/mol. The van der Waals surface area contributed by atoms with Gasteiger partial charge >= 0.3 is 0 Å². The summed E-state index contributed by atoms with van der Waals surface area (Å²) in [6.45, 7) is 5.14. The average molecular weight is 495 g/mol. The maximum atomic E-state index is 12.9. The van der Waals surface area contributed by atoms with Crippen LogP contribution in [0, 0.1) is 6.92 Å². The van der Waals surface area contributed by atoms with Crippen molar-refractivity contribution in [1.29, 1.82) is 0 Å². The number of carbonyl (C=O) groups is 1. The van der Waals surface area contributed by atoms with Gasteiger partial charge in [-0.2, -0.15) is 9.78 Å². The Morgan fingerprint density at radius 1 is 1.06 bits per heavy atom. The van der Waals surface area contributed by atoms with Gasteiger partial charge in [0.25, 0.3) is 5.91 Å². The van der Waals surface area contributed by atoms with E-state index in [2.05, 4.69) is 22.5 Å². The van der Waals surface area contributed by atoms with Gasteiger partial charge in [0.1, 0.15) is 5.82 Å². The SMILES string of the molecule is Cc1cc(NC(=O)c2ccc(S(=O)(=O)C(C)C)cc2)n(-c2nc3cc4c(cc3s2)CCCC4)n1. The number of hydrogen-bond donors (Lipinski definition) is 1.